The van der Waals surface area contributed by atoms with Crippen LogP contribution in [0.25, 0.3) is 0 Å². The molecule has 1 atom stereocenters. The van der Waals surface area contributed by atoms with Crippen molar-refractivity contribution in [2.24, 2.45) is 16.3 Å². The monoisotopic (exact) mass is 307 g/mol. The Kier molecular flexibility index (Phi) is 4.77. The predicted molar refractivity (Wildman–Crippen MR) is 66.7 cm³/mol. The first kappa shape index (κ1) is 16.7. The van der Waals surface area contributed by atoms with E-state index in [1.165, 1.54) is 13.8 Å². The highest BCUT2D eigenvalue weighted by Crippen LogP contribution is 2.28. The Labute approximate surface area is 117 Å². The Morgan fingerprint density at radius 1 is 1.33 bits per heavy atom. The topological polar surface area (TPSA) is 87.7 Å². The Hall–Kier alpha value is -2.32. The second-order valence-corrected chi connectivity index (χ2v) is 4.47. The van der Waals surface area contributed by atoms with E-state index < -0.39 is 46.1 Å². The van der Waals surface area contributed by atoms with Gasteiger partial charge in [0.15, 0.2) is 29.1 Å². The number of nitrogens with one attached hydrogen (secondary N) is 1. The van der Waals surface area contributed by atoms with Crippen LogP contribution in [-0.2, 0) is 4.79 Å². The molecule has 0 aliphatic rings. The molecule has 116 valence electrons. The van der Waals surface area contributed by atoms with Crippen LogP contribution in [0.5, 0.6) is 0 Å². The van der Waals surface area contributed by atoms with Gasteiger partial charge in [-0.3, -0.25) is 4.79 Å². The zero-order valence-corrected chi connectivity index (χ0v) is 11.2. The van der Waals surface area contributed by atoms with Crippen molar-refractivity contribution in [1.82, 2.24) is 0 Å². The Balaban J connectivity index is 3.26. The van der Waals surface area contributed by atoms with Crippen LogP contribution in [0.3, 0.4) is 0 Å². The first-order chi connectivity index (χ1) is 9.68. The number of benzene rings is 1. The number of carbonyl (C=O) groups is 1. The van der Waals surface area contributed by atoms with Gasteiger partial charge < -0.3 is 16.3 Å². The van der Waals surface area contributed by atoms with Gasteiger partial charge in [0, 0.05) is 6.07 Å². The predicted octanol–water partition coefficient (Wildman–Crippen LogP) is 2.34. The molecule has 5 nitrogen and oxygen atoms in total. The van der Waals surface area contributed by atoms with Crippen LogP contribution in [-0.4, -0.2) is 17.0 Å². The largest absolute Gasteiger partial charge is 0.409 e. The molecule has 1 rings (SSSR count). The summed E-state index contributed by atoms with van der Waals surface area (Å²) in [7, 11) is 0. The number of rotatable bonds is 4. The van der Waals surface area contributed by atoms with E-state index in [2.05, 4.69) is 5.16 Å². The number of carbonyl (C=O) groups excluding carboxylic acids is 1. The Morgan fingerprint density at radius 2 is 1.81 bits per heavy atom. The molecule has 0 radical (unpaired) electrons. The molecule has 0 saturated carbocycles. The van der Waals surface area contributed by atoms with Crippen LogP contribution in [0.2, 0.25) is 0 Å². The molecule has 0 aromatic heterocycles. The molecule has 0 aliphatic heterocycles. The van der Waals surface area contributed by atoms with Crippen LogP contribution >= 0.6 is 0 Å². The molecule has 0 heterocycles. The van der Waals surface area contributed by atoms with Crippen LogP contribution in [0.4, 0.5) is 23.2 Å². The second-order valence-electron chi connectivity index (χ2n) is 4.47. The van der Waals surface area contributed by atoms with Gasteiger partial charge in [-0.1, -0.05) is 12.1 Å². The summed E-state index contributed by atoms with van der Waals surface area (Å²) in [6.07, 6.45) is 0.00969. The summed E-state index contributed by atoms with van der Waals surface area (Å²) in [6, 6.07) is 0.0167. The van der Waals surface area contributed by atoms with Gasteiger partial charge in [-0.15, -0.1) is 0 Å². The lowest BCUT2D eigenvalue weighted by Gasteiger charge is -2.25. The van der Waals surface area contributed by atoms with E-state index in [0.29, 0.717) is 0 Å². The van der Waals surface area contributed by atoms with E-state index in [9.17, 15) is 22.4 Å². The van der Waals surface area contributed by atoms with Crippen LogP contribution in [0, 0.1) is 28.7 Å². The van der Waals surface area contributed by atoms with Crippen molar-refractivity contribution in [2.45, 2.75) is 20.3 Å². The maximum absolute atomic E-state index is 13.5. The number of nitrogens with zero attached hydrogens (tertiary/aromatic N) is 1. The molecule has 0 bridgehead atoms. The van der Waals surface area contributed by atoms with E-state index in [4.69, 9.17) is 10.9 Å². The fourth-order valence-electron chi connectivity index (χ4n) is 1.50. The lowest BCUT2D eigenvalue weighted by Crippen LogP contribution is -2.44. The van der Waals surface area contributed by atoms with Crippen molar-refractivity contribution in [3.63, 3.8) is 0 Å². The minimum Gasteiger partial charge on any atom is -0.409 e. The Morgan fingerprint density at radius 3 is 2.19 bits per heavy atom. The number of hydrogen-bond donors (Lipinski definition) is 3. The number of hydrogen-bond acceptors (Lipinski definition) is 3. The number of nitrogens with two attached hydrogens (primary N) is 1. The highest BCUT2D eigenvalue weighted by molar-refractivity contribution is 6.11. The van der Waals surface area contributed by atoms with Crippen molar-refractivity contribution < 1.29 is 27.6 Å². The van der Waals surface area contributed by atoms with E-state index in [1.807, 2.05) is 0 Å². The van der Waals surface area contributed by atoms with Gasteiger partial charge >= 0.3 is 0 Å². The zero-order chi connectivity index (χ0) is 16.4. The third kappa shape index (κ3) is 2.91. The number of amides is 1. The molecule has 0 fully saturated rings. The van der Waals surface area contributed by atoms with E-state index in [-0.39, 0.29) is 12.5 Å². The third-order valence-electron chi connectivity index (χ3n) is 3.23. The molecule has 1 amide bonds. The first-order valence-corrected chi connectivity index (χ1v) is 5.81. The quantitative estimate of drug-likeness (QED) is 0.199. The Bertz CT molecular complexity index is 580. The average molecular weight is 307 g/mol. The summed E-state index contributed by atoms with van der Waals surface area (Å²) < 4.78 is 53.0. The maximum atomic E-state index is 13.5. The van der Waals surface area contributed by atoms with E-state index in [0.717, 1.165) is 0 Å². The summed E-state index contributed by atoms with van der Waals surface area (Å²) in [6.45, 7) is 2.74. The molecule has 1 aromatic carbocycles. The SMILES string of the molecule is CCC(C)(C(=O)Nc1c(F)c(F)cc(F)c1F)/C(N)=N/O. The van der Waals surface area contributed by atoms with Crippen LogP contribution < -0.4 is 11.1 Å². The third-order valence-corrected chi connectivity index (χ3v) is 3.23. The number of anilines is 1. The summed E-state index contributed by atoms with van der Waals surface area (Å²) in [5.74, 6) is -8.42. The van der Waals surface area contributed by atoms with Gasteiger partial charge in [0.25, 0.3) is 0 Å². The van der Waals surface area contributed by atoms with Crippen molar-refractivity contribution >= 4 is 17.4 Å². The minimum absolute atomic E-state index is 0.00969. The molecule has 9 heteroatoms. The van der Waals surface area contributed by atoms with Gasteiger partial charge in [-0.25, -0.2) is 17.6 Å². The molecule has 0 spiro atoms. The highest BCUT2D eigenvalue weighted by Gasteiger charge is 2.37. The molecule has 0 aliphatic carbocycles. The van der Waals surface area contributed by atoms with Gasteiger partial charge in [0.05, 0.1) is 0 Å². The molecule has 4 N–H and O–H groups in total. The smallest absolute Gasteiger partial charge is 0.238 e. The molecular weight excluding hydrogens is 294 g/mol. The first-order valence-electron chi connectivity index (χ1n) is 5.81. The normalized spacial score (nSPS) is 14.7. The van der Waals surface area contributed by atoms with Crippen molar-refractivity contribution in [3.05, 3.63) is 29.3 Å². The van der Waals surface area contributed by atoms with Gasteiger partial charge in [-0.2, -0.15) is 0 Å². The van der Waals surface area contributed by atoms with Crippen molar-refractivity contribution in [1.29, 1.82) is 0 Å². The van der Waals surface area contributed by atoms with Crippen molar-refractivity contribution in [2.75, 3.05) is 5.32 Å². The second kappa shape index (κ2) is 5.98. The molecule has 0 saturated heterocycles. The van der Waals surface area contributed by atoms with Gasteiger partial charge in [0.1, 0.15) is 11.1 Å². The number of amidine groups is 1. The molecule has 1 aromatic rings. The van der Waals surface area contributed by atoms with E-state index >= 15 is 0 Å². The van der Waals surface area contributed by atoms with Crippen LogP contribution in [0.15, 0.2) is 11.2 Å². The molecule has 21 heavy (non-hydrogen) atoms. The van der Waals surface area contributed by atoms with Crippen LogP contribution in [0.1, 0.15) is 20.3 Å². The molecule has 1 unspecified atom stereocenters. The fraction of sp³-hybridized carbons (Fsp3) is 0.333. The highest BCUT2D eigenvalue weighted by atomic mass is 19.2. The number of oxime groups is 1. The standard InChI is InChI=1S/C12H13F4N3O2/c1-3-12(2,10(17)19-21)11(20)18-9-7(15)5(13)4-6(14)8(9)16/h4,21H,3H2,1-2H3,(H2,17,19)(H,18,20). The summed E-state index contributed by atoms with van der Waals surface area (Å²) >= 11 is 0. The summed E-state index contributed by atoms with van der Waals surface area (Å²) in [4.78, 5) is 12.0. The lowest BCUT2D eigenvalue weighted by atomic mass is 9.85. The number of halogens is 4. The minimum atomic E-state index is -1.75. The summed E-state index contributed by atoms with van der Waals surface area (Å²) in [5.41, 5.74) is 2.47. The van der Waals surface area contributed by atoms with E-state index in [1.54, 1.807) is 5.32 Å². The van der Waals surface area contributed by atoms with Gasteiger partial charge in [-0.05, 0) is 13.3 Å². The molecular formula is C12H13F4N3O2. The average Bonchev–Trinajstić information content (AvgIpc) is 2.47. The van der Waals surface area contributed by atoms with Gasteiger partial charge in [0.2, 0.25) is 5.91 Å². The summed E-state index contributed by atoms with van der Waals surface area (Å²) in [5, 5.41) is 13.0. The lowest BCUT2D eigenvalue weighted by molar-refractivity contribution is -0.121. The zero-order valence-electron chi connectivity index (χ0n) is 11.2. The van der Waals surface area contributed by atoms with Crippen molar-refractivity contribution in [3.8, 4) is 0 Å². The fourth-order valence-corrected chi connectivity index (χ4v) is 1.50. The maximum Gasteiger partial charge on any atom is 0.238 e.